The zero-order valence-electron chi connectivity index (χ0n) is 11.4. The maximum Gasteiger partial charge on any atom is 0.324 e. The van der Waals surface area contributed by atoms with Crippen LogP contribution in [0.5, 0.6) is 5.88 Å². The molecule has 0 amide bonds. The fourth-order valence-corrected chi connectivity index (χ4v) is 4.88. The van der Waals surface area contributed by atoms with Crippen molar-refractivity contribution in [3.63, 3.8) is 0 Å². The number of methoxy groups -OCH3 is 2. The summed E-state index contributed by atoms with van der Waals surface area (Å²) in [5.74, 6) is -0.363. The SMILES string of the molecule is COC(=O)C1C(C)CCN1S(=O)(=O)c1cc(OC)ns1. The smallest absolute Gasteiger partial charge is 0.324 e. The van der Waals surface area contributed by atoms with E-state index in [0.29, 0.717) is 13.0 Å². The zero-order valence-corrected chi connectivity index (χ0v) is 13.0. The van der Waals surface area contributed by atoms with Gasteiger partial charge in [-0.2, -0.15) is 8.68 Å². The van der Waals surface area contributed by atoms with Crippen molar-refractivity contribution in [3.8, 4) is 5.88 Å². The molecule has 0 aromatic carbocycles. The van der Waals surface area contributed by atoms with Crippen LogP contribution in [0.2, 0.25) is 0 Å². The van der Waals surface area contributed by atoms with Gasteiger partial charge in [0.15, 0.2) is 4.21 Å². The van der Waals surface area contributed by atoms with Gasteiger partial charge in [-0.25, -0.2) is 8.42 Å². The molecular formula is C11H16N2O5S2. The van der Waals surface area contributed by atoms with E-state index in [4.69, 9.17) is 9.47 Å². The number of hydrogen-bond donors (Lipinski definition) is 0. The van der Waals surface area contributed by atoms with E-state index in [1.54, 1.807) is 0 Å². The minimum absolute atomic E-state index is 0.0670. The molecule has 7 nitrogen and oxygen atoms in total. The van der Waals surface area contributed by atoms with Crippen LogP contribution in [0.4, 0.5) is 0 Å². The molecule has 0 bridgehead atoms. The van der Waals surface area contributed by atoms with Gasteiger partial charge in [0.25, 0.3) is 10.0 Å². The van der Waals surface area contributed by atoms with E-state index >= 15 is 0 Å². The molecule has 1 saturated heterocycles. The lowest BCUT2D eigenvalue weighted by molar-refractivity contribution is -0.145. The van der Waals surface area contributed by atoms with E-state index < -0.39 is 22.0 Å². The maximum absolute atomic E-state index is 12.6. The molecule has 9 heteroatoms. The van der Waals surface area contributed by atoms with Gasteiger partial charge >= 0.3 is 5.97 Å². The molecule has 112 valence electrons. The van der Waals surface area contributed by atoms with Crippen molar-refractivity contribution in [3.05, 3.63) is 6.07 Å². The van der Waals surface area contributed by atoms with Crippen molar-refractivity contribution in [1.82, 2.24) is 8.68 Å². The third-order valence-electron chi connectivity index (χ3n) is 3.34. The summed E-state index contributed by atoms with van der Waals surface area (Å²) >= 11 is 0.834. The Morgan fingerprint density at radius 3 is 2.75 bits per heavy atom. The average molecular weight is 320 g/mol. The second-order valence-electron chi connectivity index (χ2n) is 4.54. The number of esters is 1. The van der Waals surface area contributed by atoms with Crippen molar-refractivity contribution < 1.29 is 22.7 Å². The number of carbonyl (C=O) groups is 1. The molecule has 1 aliphatic rings. The predicted octanol–water partition coefficient (Wildman–Crippen LogP) is 0.724. The Bertz CT molecular complexity index is 598. The van der Waals surface area contributed by atoms with Crippen LogP contribution < -0.4 is 4.74 Å². The third-order valence-corrected chi connectivity index (χ3v) is 6.41. The summed E-state index contributed by atoms with van der Waals surface area (Å²) in [4.78, 5) is 11.8. The van der Waals surface area contributed by atoms with Crippen molar-refractivity contribution in [2.24, 2.45) is 5.92 Å². The number of ether oxygens (including phenoxy) is 2. The Kier molecular flexibility index (Phi) is 4.31. The van der Waals surface area contributed by atoms with Crippen LogP contribution in [0.15, 0.2) is 10.3 Å². The number of nitrogens with zero attached hydrogens (tertiary/aromatic N) is 2. The average Bonchev–Trinajstić information content (AvgIpc) is 3.04. The summed E-state index contributed by atoms with van der Waals surface area (Å²) in [5.41, 5.74) is 0. The van der Waals surface area contributed by atoms with Gasteiger partial charge in [0, 0.05) is 12.6 Å². The number of rotatable bonds is 4. The molecule has 0 N–H and O–H groups in total. The Balaban J connectivity index is 2.35. The Hall–Kier alpha value is -1.19. The molecular weight excluding hydrogens is 304 g/mol. The minimum atomic E-state index is -3.76. The van der Waals surface area contributed by atoms with E-state index in [9.17, 15) is 13.2 Å². The first kappa shape index (κ1) is 15.2. The molecule has 2 atom stereocenters. The fraction of sp³-hybridized carbons (Fsp3) is 0.636. The zero-order chi connectivity index (χ0) is 14.9. The normalized spacial score (nSPS) is 23.8. The highest BCUT2D eigenvalue weighted by molar-refractivity contribution is 7.91. The monoisotopic (exact) mass is 320 g/mol. The van der Waals surface area contributed by atoms with Crippen molar-refractivity contribution in [2.75, 3.05) is 20.8 Å². The van der Waals surface area contributed by atoms with Gasteiger partial charge in [-0.1, -0.05) is 6.92 Å². The van der Waals surface area contributed by atoms with Gasteiger partial charge in [0.2, 0.25) is 5.88 Å². The van der Waals surface area contributed by atoms with Crippen LogP contribution in [0.1, 0.15) is 13.3 Å². The first-order chi connectivity index (χ1) is 9.41. The van der Waals surface area contributed by atoms with E-state index in [-0.39, 0.29) is 16.0 Å². The summed E-state index contributed by atoms with van der Waals surface area (Å²) in [6.45, 7) is 2.13. The highest BCUT2D eigenvalue weighted by atomic mass is 32.2. The third kappa shape index (κ3) is 2.52. The highest BCUT2D eigenvalue weighted by Crippen LogP contribution is 2.33. The molecule has 0 radical (unpaired) electrons. The molecule has 1 aromatic rings. The highest BCUT2D eigenvalue weighted by Gasteiger charge is 2.45. The molecule has 0 spiro atoms. The minimum Gasteiger partial charge on any atom is -0.480 e. The van der Waals surface area contributed by atoms with Crippen molar-refractivity contribution in [2.45, 2.75) is 23.6 Å². The van der Waals surface area contributed by atoms with Gasteiger partial charge in [0.1, 0.15) is 6.04 Å². The van der Waals surface area contributed by atoms with Crippen LogP contribution in [0, 0.1) is 5.92 Å². The summed E-state index contributed by atoms with van der Waals surface area (Å²) < 4.78 is 39.9. The summed E-state index contributed by atoms with van der Waals surface area (Å²) in [6, 6.07) is 0.579. The Morgan fingerprint density at radius 2 is 2.20 bits per heavy atom. The Morgan fingerprint density at radius 1 is 1.50 bits per heavy atom. The molecule has 1 aromatic heterocycles. The number of hydrogen-bond acceptors (Lipinski definition) is 7. The van der Waals surface area contributed by atoms with Gasteiger partial charge in [-0.15, -0.1) is 0 Å². The number of carbonyl (C=O) groups excluding carboxylic acids is 1. The lowest BCUT2D eigenvalue weighted by Crippen LogP contribution is -2.43. The predicted molar refractivity (Wildman–Crippen MR) is 72.1 cm³/mol. The van der Waals surface area contributed by atoms with E-state index in [0.717, 1.165) is 11.5 Å². The van der Waals surface area contributed by atoms with Crippen LogP contribution in [0.25, 0.3) is 0 Å². The second kappa shape index (κ2) is 5.66. The first-order valence-electron chi connectivity index (χ1n) is 6.02. The van der Waals surface area contributed by atoms with Crippen LogP contribution in [-0.4, -0.2) is 49.9 Å². The Labute approximate surface area is 121 Å². The lowest BCUT2D eigenvalue weighted by Gasteiger charge is -2.23. The molecule has 0 saturated carbocycles. The van der Waals surface area contributed by atoms with Crippen molar-refractivity contribution >= 4 is 27.5 Å². The lowest BCUT2D eigenvalue weighted by atomic mass is 10.0. The van der Waals surface area contributed by atoms with Crippen LogP contribution in [0.3, 0.4) is 0 Å². The van der Waals surface area contributed by atoms with Gasteiger partial charge < -0.3 is 9.47 Å². The molecule has 1 fully saturated rings. The molecule has 2 rings (SSSR count). The number of aromatic nitrogens is 1. The van der Waals surface area contributed by atoms with Gasteiger partial charge in [-0.3, -0.25) is 4.79 Å². The van der Waals surface area contributed by atoms with E-state index in [2.05, 4.69) is 4.37 Å². The standard InChI is InChI=1S/C11H16N2O5S2/c1-7-4-5-13(10(7)11(14)18-3)20(15,16)9-6-8(17-2)12-19-9/h6-7,10H,4-5H2,1-3H3. The topological polar surface area (TPSA) is 85.8 Å². The van der Waals surface area contributed by atoms with Crippen LogP contribution in [-0.2, 0) is 19.6 Å². The fourth-order valence-electron chi connectivity index (χ4n) is 2.23. The van der Waals surface area contributed by atoms with Gasteiger partial charge in [0.05, 0.1) is 14.2 Å². The molecule has 2 unspecified atom stereocenters. The summed E-state index contributed by atoms with van der Waals surface area (Å²) in [7, 11) is -1.08. The molecule has 0 aliphatic carbocycles. The second-order valence-corrected chi connectivity index (χ2v) is 7.46. The van der Waals surface area contributed by atoms with E-state index in [1.165, 1.54) is 24.6 Å². The number of sulfonamides is 1. The van der Waals surface area contributed by atoms with Crippen molar-refractivity contribution in [1.29, 1.82) is 0 Å². The van der Waals surface area contributed by atoms with E-state index in [1.807, 2.05) is 6.92 Å². The largest absolute Gasteiger partial charge is 0.480 e. The van der Waals surface area contributed by atoms with Crippen LogP contribution >= 0.6 is 11.5 Å². The summed E-state index contributed by atoms with van der Waals surface area (Å²) in [5, 5.41) is 0. The first-order valence-corrected chi connectivity index (χ1v) is 8.23. The molecule has 1 aliphatic heterocycles. The maximum atomic E-state index is 12.6. The quantitative estimate of drug-likeness (QED) is 0.760. The van der Waals surface area contributed by atoms with Gasteiger partial charge in [-0.05, 0) is 23.9 Å². The molecule has 20 heavy (non-hydrogen) atoms. The molecule has 2 heterocycles. The summed E-state index contributed by atoms with van der Waals surface area (Å²) in [6.07, 6.45) is 0.620.